The Bertz CT molecular complexity index is 910. The molecule has 0 radical (unpaired) electrons. The van der Waals surface area contributed by atoms with Crippen molar-refractivity contribution in [3.63, 3.8) is 0 Å². The molecule has 1 aromatic carbocycles. The summed E-state index contributed by atoms with van der Waals surface area (Å²) in [4.78, 5) is 12.7. The van der Waals surface area contributed by atoms with E-state index in [0.717, 1.165) is 21.9 Å². The molecular weight excluding hydrogens is 430 g/mol. The Morgan fingerprint density at radius 2 is 2.07 bits per heavy atom. The van der Waals surface area contributed by atoms with Crippen LogP contribution in [0.1, 0.15) is 39.5 Å². The van der Waals surface area contributed by atoms with E-state index in [1.807, 2.05) is 31.2 Å². The van der Waals surface area contributed by atoms with Crippen LogP contribution in [-0.2, 0) is 4.79 Å². The van der Waals surface area contributed by atoms with Gasteiger partial charge < -0.3 is 5.32 Å². The number of nitrogens with zero attached hydrogens (tertiary/aromatic N) is 2. The standard InChI is InChI=1S/C20H24ClN3OS3/c1-11(17-10-13-3-4-14(17)9-13)22-18(25)12(2)27-19-23-24(20(26)28-19)16-7-5-15(21)6-8-16/h5-8,11-14,17H,3-4,9-10H2,1-2H3,(H,22,25). The zero-order chi connectivity index (χ0) is 19.8. The monoisotopic (exact) mass is 453 g/mol. The molecule has 2 aromatic rings. The number of rotatable bonds is 6. The van der Waals surface area contributed by atoms with Crippen molar-refractivity contribution >= 4 is 52.8 Å². The lowest BCUT2D eigenvalue weighted by Gasteiger charge is -2.29. The Morgan fingerprint density at radius 3 is 2.71 bits per heavy atom. The van der Waals surface area contributed by atoms with Crippen molar-refractivity contribution in [2.24, 2.45) is 17.8 Å². The van der Waals surface area contributed by atoms with Gasteiger partial charge in [-0.25, -0.2) is 4.68 Å². The number of carbonyl (C=O) groups excluding carboxylic acids is 1. The summed E-state index contributed by atoms with van der Waals surface area (Å²) in [5, 5.41) is 8.31. The summed E-state index contributed by atoms with van der Waals surface area (Å²) in [7, 11) is 0. The van der Waals surface area contributed by atoms with Crippen LogP contribution in [0.3, 0.4) is 0 Å². The molecule has 150 valence electrons. The Balaban J connectivity index is 1.37. The number of fused-ring (bicyclic) bond motifs is 2. The van der Waals surface area contributed by atoms with Gasteiger partial charge in [-0.3, -0.25) is 4.79 Å². The van der Waals surface area contributed by atoms with Gasteiger partial charge in [-0.15, -0.1) is 5.10 Å². The molecule has 1 amide bonds. The van der Waals surface area contributed by atoms with Crippen molar-refractivity contribution in [2.75, 3.05) is 0 Å². The van der Waals surface area contributed by atoms with E-state index in [4.69, 9.17) is 23.8 Å². The molecule has 5 atom stereocenters. The second-order valence-corrected chi connectivity index (χ2v) is 11.6. The lowest BCUT2D eigenvalue weighted by atomic mass is 9.84. The molecule has 0 aliphatic heterocycles. The number of hydrogen-bond acceptors (Lipinski definition) is 5. The maximum Gasteiger partial charge on any atom is 0.233 e. The summed E-state index contributed by atoms with van der Waals surface area (Å²) < 4.78 is 3.18. The third-order valence-corrected chi connectivity index (χ3v) is 8.72. The highest BCUT2D eigenvalue weighted by Gasteiger charge is 2.42. The molecule has 1 aromatic heterocycles. The maximum absolute atomic E-state index is 12.7. The van der Waals surface area contributed by atoms with Crippen LogP contribution in [0.2, 0.25) is 5.02 Å². The number of amides is 1. The van der Waals surface area contributed by atoms with E-state index in [1.54, 1.807) is 4.68 Å². The second-order valence-electron chi connectivity index (χ2n) is 7.92. The number of hydrogen-bond donors (Lipinski definition) is 1. The summed E-state index contributed by atoms with van der Waals surface area (Å²) in [5.74, 6) is 2.43. The Labute approximate surface area is 184 Å². The average Bonchev–Trinajstić information content (AvgIpc) is 3.38. The molecule has 1 heterocycles. The quantitative estimate of drug-likeness (QED) is 0.447. The summed E-state index contributed by atoms with van der Waals surface area (Å²) >= 11 is 14.3. The fourth-order valence-electron chi connectivity index (χ4n) is 4.61. The maximum atomic E-state index is 12.7. The van der Waals surface area contributed by atoms with E-state index in [1.165, 1.54) is 48.8 Å². The summed E-state index contributed by atoms with van der Waals surface area (Å²) in [6, 6.07) is 7.66. The molecule has 4 rings (SSSR count). The Morgan fingerprint density at radius 1 is 1.32 bits per heavy atom. The van der Waals surface area contributed by atoms with Gasteiger partial charge in [0.05, 0.1) is 10.9 Å². The Kier molecular flexibility index (Phi) is 6.16. The van der Waals surface area contributed by atoms with E-state index in [9.17, 15) is 4.79 Å². The summed E-state index contributed by atoms with van der Waals surface area (Å²) in [6.45, 7) is 4.10. The Hall–Kier alpha value is -0.890. The first-order valence-corrected chi connectivity index (χ1v) is 12.2. The molecule has 5 unspecified atom stereocenters. The van der Waals surface area contributed by atoms with Gasteiger partial charge >= 0.3 is 0 Å². The average molecular weight is 454 g/mol. The molecule has 2 saturated carbocycles. The van der Waals surface area contributed by atoms with Crippen LogP contribution in [0.5, 0.6) is 0 Å². The number of thioether (sulfide) groups is 1. The van der Waals surface area contributed by atoms with Crippen molar-refractivity contribution in [3.8, 4) is 5.69 Å². The molecule has 0 saturated heterocycles. The smallest absolute Gasteiger partial charge is 0.233 e. The lowest BCUT2D eigenvalue weighted by molar-refractivity contribution is -0.121. The molecule has 2 aliphatic rings. The predicted octanol–water partition coefficient (Wildman–Crippen LogP) is 5.74. The van der Waals surface area contributed by atoms with Gasteiger partial charge in [-0.2, -0.15) is 0 Å². The van der Waals surface area contributed by atoms with E-state index in [2.05, 4.69) is 17.3 Å². The molecule has 1 N–H and O–H groups in total. The van der Waals surface area contributed by atoms with Crippen LogP contribution >= 0.6 is 46.9 Å². The van der Waals surface area contributed by atoms with E-state index < -0.39 is 0 Å². The van der Waals surface area contributed by atoms with Gasteiger partial charge in [0.15, 0.2) is 8.29 Å². The van der Waals surface area contributed by atoms with E-state index in [0.29, 0.717) is 14.9 Å². The number of aromatic nitrogens is 2. The van der Waals surface area contributed by atoms with Crippen LogP contribution in [0.25, 0.3) is 5.69 Å². The minimum Gasteiger partial charge on any atom is -0.352 e. The number of halogens is 1. The van der Waals surface area contributed by atoms with Crippen LogP contribution < -0.4 is 5.32 Å². The van der Waals surface area contributed by atoms with E-state index >= 15 is 0 Å². The minimum absolute atomic E-state index is 0.0828. The van der Waals surface area contributed by atoms with E-state index in [-0.39, 0.29) is 17.2 Å². The SMILES string of the molecule is CC(Sc1nn(-c2ccc(Cl)cc2)c(=S)s1)C(=O)NC(C)C1CC2CCC1C2. The zero-order valence-electron chi connectivity index (χ0n) is 15.9. The first-order valence-electron chi connectivity index (χ1n) is 9.74. The summed E-state index contributed by atoms with van der Waals surface area (Å²) in [6.07, 6.45) is 5.36. The molecule has 0 spiro atoms. The van der Waals surface area contributed by atoms with Crippen molar-refractivity contribution < 1.29 is 4.79 Å². The third-order valence-electron chi connectivity index (χ3n) is 6.05. The van der Waals surface area contributed by atoms with Crippen LogP contribution in [-0.4, -0.2) is 27.0 Å². The first-order chi connectivity index (χ1) is 13.4. The molecule has 8 heteroatoms. The van der Waals surface area contributed by atoms with Crippen LogP contribution in [0.15, 0.2) is 28.6 Å². The highest BCUT2D eigenvalue weighted by molar-refractivity contribution is 8.02. The van der Waals surface area contributed by atoms with Crippen molar-refractivity contribution in [1.82, 2.24) is 15.1 Å². The van der Waals surface area contributed by atoms with Crippen LogP contribution in [0.4, 0.5) is 0 Å². The van der Waals surface area contributed by atoms with Gasteiger partial charge in [-0.1, -0.05) is 41.1 Å². The summed E-state index contributed by atoms with van der Waals surface area (Å²) in [5.41, 5.74) is 0.875. The predicted molar refractivity (Wildman–Crippen MR) is 119 cm³/mol. The zero-order valence-corrected chi connectivity index (χ0v) is 19.1. The molecule has 4 nitrogen and oxygen atoms in total. The van der Waals surface area contributed by atoms with Crippen molar-refractivity contribution in [3.05, 3.63) is 33.2 Å². The van der Waals surface area contributed by atoms with Crippen molar-refractivity contribution in [2.45, 2.75) is 55.2 Å². The number of benzene rings is 1. The van der Waals surface area contributed by atoms with Crippen molar-refractivity contribution in [1.29, 1.82) is 0 Å². The van der Waals surface area contributed by atoms with Gasteiger partial charge in [0.2, 0.25) is 5.91 Å². The second kappa shape index (κ2) is 8.46. The molecular formula is C20H24ClN3OS3. The molecule has 28 heavy (non-hydrogen) atoms. The topological polar surface area (TPSA) is 46.9 Å². The fourth-order valence-corrected chi connectivity index (χ4v) is 7.25. The van der Waals surface area contributed by atoms with Gasteiger partial charge in [-0.05, 0) is 87.3 Å². The van der Waals surface area contributed by atoms with Gasteiger partial charge in [0.25, 0.3) is 0 Å². The van der Waals surface area contributed by atoms with Gasteiger partial charge in [0.1, 0.15) is 0 Å². The van der Waals surface area contributed by atoms with Gasteiger partial charge in [0, 0.05) is 11.1 Å². The number of nitrogens with one attached hydrogen (secondary N) is 1. The highest BCUT2D eigenvalue weighted by Crippen LogP contribution is 2.49. The van der Waals surface area contributed by atoms with Crippen LogP contribution in [0, 0.1) is 21.7 Å². The normalized spacial score (nSPS) is 25.6. The lowest BCUT2D eigenvalue weighted by Crippen LogP contribution is -2.43. The third kappa shape index (κ3) is 4.32. The fraction of sp³-hybridized carbons (Fsp3) is 0.550. The molecule has 2 bridgehead atoms. The number of carbonyl (C=O) groups is 1. The molecule has 2 fully saturated rings. The minimum atomic E-state index is -0.208. The molecule has 2 aliphatic carbocycles. The first kappa shape index (κ1) is 20.4. The highest BCUT2D eigenvalue weighted by atomic mass is 35.5. The largest absolute Gasteiger partial charge is 0.352 e.